The number of nitrogens with zero attached hydrogens (tertiary/aromatic N) is 3. The molecule has 0 radical (unpaired) electrons. The Hall–Kier alpha value is -2.96. The first kappa shape index (κ1) is 20.3. The van der Waals surface area contributed by atoms with Crippen LogP contribution in [0.15, 0.2) is 70.5 Å². The molecule has 5 nitrogen and oxygen atoms in total. The molecule has 152 valence electrons. The lowest BCUT2D eigenvalue weighted by molar-refractivity contribution is 0.0678. The van der Waals surface area contributed by atoms with Crippen molar-refractivity contribution in [2.45, 2.75) is 26.4 Å². The SMILES string of the molecule is CC(C)N(Cc1nnc(-c2ccccc2Cl)o1)C(=O)c1sccc1-c1ccccc1. The molecule has 2 heterocycles. The molecule has 0 atom stereocenters. The van der Waals surface area contributed by atoms with Gasteiger partial charge in [-0.05, 0) is 43.0 Å². The van der Waals surface area contributed by atoms with Gasteiger partial charge >= 0.3 is 0 Å². The van der Waals surface area contributed by atoms with Crippen molar-refractivity contribution in [1.82, 2.24) is 15.1 Å². The molecule has 4 aromatic rings. The van der Waals surface area contributed by atoms with Crippen LogP contribution in [-0.2, 0) is 6.54 Å². The monoisotopic (exact) mass is 437 g/mol. The summed E-state index contributed by atoms with van der Waals surface area (Å²) in [5.74, 6) is 0.647. The van der Waals surface area contributed by atoms with Gasteiger partial charge in [-0.15, -0.1) is 21.5 Å². The second-order valence-electron chi connectivity index (χ2n) is 7.04. The first-order valence-corrected chi connectivity index (χ1v) is 10.8. The van der Waals surface area contributed by atoms with Crippen molar-refractivity contribution >= 4 is 28.8 Å². The number of hydrogen-bond acceptors (Lipinski definition) is 5. The van der Waals surface area contributed by atoms with Gasteiger partial charge in [0.25, 0.3) is 5.91 Å². The van der Waals surface area contributed by atoms with Gasteiger partial charge in [0.2, 0.25) is 11.8 Å². The lowest BCUT2D eigenvalue weighted by atomic mass is 10.1. The Kier molecular flexibility index (Phi) is 5.97. The van der Waals surface area contributed by atoms with E-state index in [4.69, 9.17) is 16.0 Å². The number of thiophene rings is 1. The molecule has 0 saturated carbocycles. The molecule has 0 N–H and O–H groups in total. The predicted octanol–water partition coefficient (Wildman–Crippen LogP) is 6.17. The van der Waals surface area contributed by atoms with Crippen LogP contribution in [0.2, 0.25) is 5.02 Å². The molecule has 0 unspecified atom stereocenters. The Bertz CT molecular complexity index is 1150. The molecule has 2 aromatic carbocycles. The van der Waals surface area contributed by atoms with Gasteiger partial charge in [-0.1, -0.05) is 54.1 Å². The fraction of sp³-hybridized carbons (Fsp3) is 0.174. The molecule has 0 aliphatic heterocycles. The summed E-state index contributed by atoms with van der Waals surface area (Å²) in [5, 5.41) is 10.7. The lowest BCUT2D eigenvalue weighted by Gasteiger charge is -2.25. The number of hydrogen-bond donors (Lipinski definition) is 0. The number of aromatic nitrogens is 2. The smallest absolute Gasteiger partial charge is 0.265 e. The Morgan fingerprint density at radius 1 is 1.03 bits per heavy atom. The van der Waals surface area contributed by atoms with Crippen LogP contribution in [0, 0.1) is 0 Å². The summed E-state index contributed by atoms with van der Waals surface area (Å²) in [6, 6.07) is 19.1. The highest BCUT2D eigenvalue weighted by atomic mass is 35.5. The van der Waals surface area contributed by atoms with Crippen LogP contribution in [0.5, 0.6) is 0 Å². The minimum Gasteiger partial charge on any atom is -0.419 e. The van der Waals surface area contributed by atoms with E-state index in [0.717, 1.165) is 11.1 Å². The van der Waals surface area contributed by atoms with E-state index in [0.29, 0.717) is 27.2 Å². The summed E-state index contributed by atoms with van der Waals surface area (Å²) in [7, 11) is 0. The third-order valence-electron chi connectivity index (χ3n) is 4.71. The zero-order valence-corrected chi connectivity index (χ0v) is 18.2. The largest absolute Gasteiger partial charge is 0.419 e. The summed E-state index contributed by atoms with van der Waals surface area (Å²) in [4.78, 5) is 15.8. The third-order valence-corrected chi connectivity index (χ3v) is 5.94. The van der Waals surface area contributed by atoms with Crippen LogP contribution in [0.1, 0.15) is 29.4 Å². The zero-order chi connectivity index (χ0) is 21.1. The van der Waals surface area contributed by atoms with Crippen LogP contribution in [-0.4, -0.2) is 27.0 Å². The maximum Gasteiger partial charge on any atom is 0.265 e. The van der Waals surface area contributed by atoms with Crippen LogP contribution < -0.4 is 0 Å². The van der Waals surface area contributed by atoms with Gasteiger partial charge < -0.3 is 9.32 Å². The Morgan fingerprint density at radius 2 is 1.77 bits per heavy atom. The topological polar surface area (TPSA) is 59.2 Å². The molecule has 4 rings (SSSR count). The van der Waals surface area contributed by atoms with Gasteiger partial charge in [-0.25, -0.2) is 0 Å². The van der Waals surface area contributed by atoms with Gasteiger partial charge in [-0.2, -0.15) is 0 Å². The molecule has 30 heavy (non-hydrogen) atoms. The van der Waals surface area contributed by atoms with E-state index in [1.165, 1.54) is 11.3 Å². The van der Waals surface area contributed by atoms with Gasteiger partial charge in [0.1, 0.15) is 0 Å². The van der Waals surface area contributed by atoms with Crippen LogP contribution >= 0.6 is 22.9 Å². The summed E-state index contributed by atoms with van der Waals surface area (Å²) < 4.78 is 5.82. The van der Waals surface area contributed by atoms with Crippen molar-refractivity contribution in [2.75, 3.05) is 0 Å². The molecule has 1 amide bonds. The number of carbonyl (C=O) groups excluding carboxylic acids is 1. The Balaban J connectivity index is 1.60. The van der Waals surface area contributed by atoms with E-state index < -0.39 is 0 Å². The van der Waals surface area contributed by atoms with Crippen LogP contribution in [0.25, 0.3) is 22.6 Å². The fourth-order valence-corrected chi connectivity index (χ4v) is 4.23. The second-order valence-corrected chi connectivity index (χ2v) is 8.36. The van der Waals surface area contributed by atoms with Crippen molar-refractivity contribution in [3.05, 3.63) is 81.8 Å². The van der Waals surface area contributed by atoms with Crippen molar-refractivity contribution in [1.29, 1.82) is 0 Å². The van der Waals surface area contributed by atoms with Gasteiger partial charge in [0, 0.05) is 11.6 Å². The standard InChI is InChI=1S/C23H20ClN3O2S/c1-15(2)27(14-20-25-26-22(29-20)18-10-6-7-11-19(18)24)23(28)21-17(12-13-30-21)16-8-4-3-5-9-16/h3-13,15H,14H2,1-2H3. The number of halogens is 1. The second kappa shape index (κ2) is 8.81. The van der Waals surface area contributed by atoms with Crippen molar-refractivity contribution in [3.8, 4) is 22.6 Å². The molecule has 0 spiro atoms. The molecule has 0 fully saturated rings. The zero-order valence-electron chi connectivity index (χ0n) is 16.6. The highest BCUT2D eigenvalue weighted by Gasteiger charge is 2.25. The Morgan fingerprint density at radius 3 is 2.50 bits per heavy atom. The number of benzene rings is 2. The van der Waals surface area contributed by atoms with Gasteiger partial charge in [0.15, 0.2) is 0 Å². The summed E-state index contributed by atoms with van der Waals surface area (Å²) in [5.41, 5.74) is 2.62. The average Bonchev–Trinajstić information content (AvgIpc) is 3.42. The van der Waals surface area contributed by atoms with Crippen molar-refractivity contribution in [2.24, 2.45) is 0 Å². The minimum atomic E-state index is -0.0589. The fourth-order valence-electron chi connectivity index (χ4n) is 3.15. The molecule has 0 saturated heterocycles. The summed E-state index contributed by atoms with van der Waals surface area (Å²) in [6.45, 7) is 4.16. The predicted molar refractivity (Wildman–Crippen MR) is 120 cm³/mol. The number of carbonyl (C=O) groups is 1. The molecule has 0 aliphatic rings. The number of amides is 1. The molecule has 0 bridgehead atoms. The summed E-state index contributed by atoms with van der Waals surface area (Å²) >= 11 is 7.66. The molecular weight excluding hydrogens is 418 g/mol. The molecule has 7 heteroatoms. The van der Waals surface area contributed by atoms with E-state index in [-0.39, 0.29) is 18.5 Å². The van der Waals surface area contributed by atoms with Gasteiger partial charge in [-0.3, -0.25) is 4.79 Å². The lowest BCUT2D eigenvalue weighted by Crippen LogP contribution is -2.36. The Labute approximate surface area is 183 Å². The molecular formula is C23H20ClN3O2S. The third kappa shape index (κ3) is 4.15. The molecule has 0 aliphatic carbocycles. The first-order valence-electron chi connectivity index (χ1n) is 9.55. The van der Waals surface area contributed by atoms with Crippen LogP contribution in [0.3, 0.4) is 0 Å². The average molecular weight is 438 g/mol. The highest BCUT2D eigenvalue weighted by Crippen LogP contribution is 2.31. The van der Waals surface area contributed by atoms with Gasteiger partial charge in [0.05, 0.1) is 22.0 Å². The van der Waals surface area contributed by atoms with E-state index in [2.05, 4.69) is 10.2 Å². The maximum absolute atomic E-state index is 13.4. The van der Waals surface area contributed by atoms with Crippen LogP contribution in [0.4, 0.5) is 0 Å². The quantitative estimate of drug-likeness (QED) is 0.362. The van der Waals surface area contributed by atoms with E-state index in [1.807, 2.05) is 73.8 Å². The maximum atomic E-state index is 13.4. The van der Waals surface area contributed by atoms with Crippen molar-refractivity contribution < 1.29 is 9.21 Å². The highest BCUT2D eigenvalue weighted by molar-refractivity contribution is 7.12. The summed E-state index contributed by atoms with van der Waals surface area (Å²) in [6.07, 6.45) is 0. The van der Waals surface area contributed by atoms with Crippen molar-refractivity contribution in [3.63, 3.8) is 0 Å². The minimum absolute atomic E-state index is 0.0427. The van der Waals surface area contributed by atoms with E-state index >= 15 is 0 Å². The normalized spacial score (nSPS) is 11.1. The number of rotatable bonds is 6. The van der Waals surface area contributed by atoms with E-state index in [1.54, 1.807) is 11.0 Å². The first-order chi connectivity index (χ1) is 14.5. The molecule has 2 aromatic heterocycles. The van der Waals surface area contributed by atoms with E-state index in [9.17, 15) is 4.79 Å².